The molecular weight excluding hydrogens is 210 g/mol. The molecule has 5 heteroatoms. The van der Waals surface area contributed by atoms with Crippen molar-refractivity contribution in [2.75, 3.05) is 0 Å². The van der Waals surface area contributed by atoms with Crippen LogP contribution in [0.3, 0.4) is 0 Å². The van der Waals surface area contributed by atoms with Gasteiger partial charge in [0, 0.05) is 6.04 Å². The number of carbonyl (C=O) groups is 2. The van der Waals surface area contributed by atoms with Gasteiger partial charge in [-0.25, -0.2) is 4.79 Å². The lowest BCUT2D eigenvalue weighted by molar-refractivity contribution is -0.153. The van der Waals surface area contributed by atoms with Crippen LogP contribution in [-0.2, 0) is 14.3 Å². The third-order valence-electron chi connectivity index (χ3n) is 3.28. The Balaban J connectivity index is 2.09. The molecule has 1 aliphatic heterocycles. The summed E-state index contributed by atoms with van der Waals surface area (Å²) in [5.74, 6) is -0.960. The molecule has 2 fully saturated rings. The molecular formula is C11H17NO4. The normalized spacial score (nSPS) is 31.1. The van der Waals surface area contributed by atoms with Gasteiger partial charge in [0.1, 0.15) is 0 Å². The van der Waals surface area contributed by atoms with E-state index in [1.165, 1.54) is 4.90 Å². The summed E-state index contributed by atoms with van der Waals surface area (Å²) in [5, 5.41) is 9.22. The highest BCUT2D eigenvalue weighted by atomic mass is 16.5. The van der Waals surface area contributed by atoms with Gasteiger partial charge >= 0.3 is 5.97 Å². The molecule has 5 nitrogen and oxygen atoms in total. The average Bonchev–Trinajstić information content (AvgIpc) is 2.98. The van der Waals surface area contributed by atoms with Crippen LogP contribution in [0.25, 0.3) is 0 Å². The largest absolute Gasteiger partial charge is 0.480 e. The fourth-order valence-corrected chi connectivity index (χ4v) is 2.30. The van der Waals surface area contributed by atoms with Crippen molar-refractivity contribution < 1.29 is 19.4 Å². The van der Waals surface area contributed by atoms with Crippen molar-refractivity contribution >= 4 is 12.4 Å². The Morgan fingerprint density at radius 3 is 2.50 bits per heavy atom. The molecule has 1 saturated carbocycles. The van der Waals surface area contributed by atoms with Crippen LogP contribution in [0.1, 0.15) is 32.6 Å². The van der Waals surface area contributed by atoms with Gasteiger partial charge in [-0.1, -0.05) is 0 Å². The average molecular weight is 227 g/mol. The number of carbonyl (C=O) groups excluding carboxylic acids is 1. The van der Waals surface area contributed by atoms with Gasteiger partial charge in [0.2, 0.25) is 6.41 Å². The second kappa shape index (κ2) is 4.41. The molecule has 1 amide bonds. The van der Waals surface area contributed by atoms with E-state index < -0.39 is 12.0 Å². The molecule has 3 unspecified atom stereocenters. The van der Waals surface area contributed by atoms with E-state index in [1.807, 2.05) is 6.92 Å². The van der Waals surface area contributed by atoms with Crippen molar-refractivity contribution in [3.05, 3.63) is 0 Å². The fraction of sp³-hybridized carbons (Fsp3) is 0.818. The standard InChI is InChI=1S/C11H17NO4/c1-7-2-5-9(16-7)10(11(14)15)12(6-13)8-3-4-8/h6-10H,2-5H2,1H3,(H,14,15). The molecule has 16 heavy (non-hydrogen) atoms. The van der Waals surface area contributed by atoms with Gasteiger partial charge in [-0.05, 0) is 32.6 Å². The van der Waals surface area contributed by atoms with Crippen LogP contribution < -0.4 is 0 Å². The number of rotatable bonds is 5. The Kier molecular flexibility index (Phi) is 3.14. The van der Waals surface area contributed by atoms with Crippen LogP contribution in [-0.4, -0.2) is 46.7 Å². The molecule has 2 aliphatic rings. The lowest BCUT2D eigenvalue weighted by atomic mass is 10.1. The molecule has 1 heterocycles. The molecule has 1 saturated heterocycles. The van der Waals surface area contributed by atoms with E-state index in [9.17, 15) is 14.7 Å². The number of carboxylic acids is 1. The Bertz CT molecular complexity index is 290. The highest BCUT2D eigenvalue weighted by Gasteiger charge is 2.43. The van der Waals surface area contributed by atoms with Crippen molar-refractivity contribution in [3.8, 4) is 0 Å². The summed E-state index contributed by atoms with van der Waals surface area (Å²) in [4.78, 5) is 23.6. The number of hydrogen-bond acceptors (Lipinski definition) is 3. The molecule has 3 atom stereocenters. The summed E-state index contributed by atoms with van der Waals surface area (Å²) in [7, 11) is 0. The lowest BCUT2D eigenvalue weighted by Gasteiger charge is -2.29. The maximum atomic E-state index is 11.2. The Morgan fingerprint density at radius 1 is 1.44 bits per heavy atom. The highest BCUT2D eigenvalue weighted by molar-refractivity contribution is 5.77. The van der Waals surface area contributed by atoms with Gasteiger partial charge in [-0.15, -0.1) is 0 Å². The van der Waals surface area contributed by atoms with Crippen molar-refractivity contribution in [2.45, 2.75) is 56.9 Å². The number of hydrogen-bond donors (Lipinski definition) is 1. The molecule has 0 spiro atoms. The number of ether oxygens (including phenoxy) is 1. The van der Waals surface area contributed by atoms with Crippen LogP contribution in [0, 0.1) is 0 Å². The zero-order chi connectivity index (χ0) is 11.7. The van der Waals surface area contributed by atoms with E-state index in [2.05, 4.69) is 0 Å². The SMILES string of the molecule is CC1CCC(C(C(=O)O)N(C=O)C2CC2)O1. The van der Waals surface area contributed by atoms with Crippen LogP contribution in [0.4, 0.5) is 0 Å². The number of amides is 1. The van der Waals surface area contributed by atoms with Gasteiger partial charge in [0.25, 0.3) is 0 Å². The third kappa shape index (κ3) is 2.19. The minimum Gasteiger partial charge on any atom is -0.480 e. The van der Waals surface area contributed by atoms with Crippen molar-refractivity contribution in [1.82, 2.24) is 4.90 Å². The lowest BCUT2D eigenvalue weighted by Crippen LogP contribution is -2.49. The van der Waals surface area contributed by atoms with E-state index in [1.54, 1.807) is 0 Å². The molecule has 1 aliphatic carbocycles. The summed E-state index contributed by atoms with van der Waals surface area (Å²) >= 11 is 0. The van der Waals surface area contributed by atoms with Gasteiger partial charge in [-0.2, -0.15) is 0 Å². The topological polar surface area (TPSA) is 66.8 Å². The van der Waals surface area contributed by atoms with Gasteiger partial charge in [-0.3, -0.25) is 4.79 Å². The van der Waals surface area contributed by atoms with E-state index in [0.29, 0.717) is 6.41 Å². The zero-order valence-electron chi connectivity index (χ0n) is 9.33. The molecule has 0 aromatic rings. The van der Waals surface area contributed by atoms with Crippen molar-refractivity contribution in [2.24, 2.45) is 0 Å². The monoisotopic (exact) mass is 227 g/mol. The summed E-state index contributed by atoms with van der Waals surface area (Å²) < 4.78 is 5.56. The highest BCUT2D eigenvalue weighted by Crippen LogP contribution is 2.32. The number of nitrogens with zero attached hydrogens (tertiary/aromatic N) is 1. The second-order valence-corrected chi connectivity index (χ2v) is 4.63. The fourth-order valence-electron chi connectivity index (χ4n) is 2.30. The summed E-state index contributed by atoms with van der Waals surface area (Å²) in [6.07, 6.45) is 3.80. The van der Waals surface area contributed by atoms with E-state index in [4.69, 9.17) is 4.74 Å². The van der Waals surface area contributed by atoms with Gasteiger partial charge < -0.3 is 14.7 Å². The molecule has 0 aromatic carbocycles. The molecule has 0 bridgehead atoms. The predicted octanol–water partition coefficient (Wildman–Crippen LogP) is 0.628. The molecule has 0 aromatic heterocycles. The quantitative estimate of drug-likeness (QED) is 0.699. The first-order valence-corrected chi connectivity index (χ1v) is 5.74. The first-order valence-electron chi connectivity index (χ1n) is 5.74. The molecule has 2 rings (SSSR count). The molecule has 90 valence electrons. The van der Waals surface area contributed by atoms with Crippen LogP contribution in [0.5, 0.6) is 0 Å². The zero-order valence-corrected chi connectivity index (χ0v) is 9.33. The second-order valence-electron chi connectivity index (χ2n) is 4.63. The van der Waals surface area contributed by atoms with E-state index in [-0.39, 0.29) is 18.2 Å². The van der Waals surface area contributed by atoms with E-state index in [0.717, 1.165) is 25.7 Å². The smallest absolute Gasteiger partial charge is 0.329 e. The molecule has 0 radical (unpaired) electrons. The maximum absolute atomic E-state index is 11.2. The van der Waals surface area contributed by atoms with Crippen LogP contribution >= 0.6 is 0 Å². The minimum atomic E-state index is -0.960. The summed E-state index contributed by atoms with van der Waals surface area (Å²) in [6, 6.07) is -0.701. The Morgan fingerprint density at radius 2 is 2.12 bits per heavy atom. The van der Waals surface area contributed by atoms with Crippen molar-refractivity contribution in [3.63, 3.8) is 0 Å². The van der Waals surface area contributed by atoms with Gasteiger partial charge in [0.05, 0.1) is 12.2 Å². The van der Waals surface area contributed by atoms with Crippen LogP contribution in [0.2, 0.25) is 0 Å². The Hall–Kier alpha value is -1.10. The van der Waals surface area contributed by atoms with Crippen molar-refractivity contribution in [1.29, 1.82) is 0 Å². The minimum absolute atomic E-state index is 0.0968. The third-order valence-corrected chi connectivity index (χ3v) is 3.28. The number of carboxylic acid groups (broad SMARTS) is 1. The summed E-state index contributed by atoms with van der Waals surface area (Å²) in [5.41, 5.74) is 0. The first kappa shape index (κ1) is 11.4. The Labute approximate surface area is 94.4 Å². The van der Waals surface area contributed by atoms with E-state index >= 15 is 0 Å². The van der Waals surface area contributed by atoms with Crippen LogP contribution in [0.15, 0.2) is 0 Å². The van der Waals surface area contributed by atoms with Gasteiger partial charge in [0.15, 0.2) is 6.04 Å². The number of aliphatic carboxylic acids is 1. The predicted molar refractivity (Wildman–Crippen MR) is 55.9 cm³/mol. The maximum Gasteiger partial charge on any atom is 0.329 e. The molecule has 1 N–H and O–H groups in total. The first-order chi connectivity index (χ1) is 7.63. The summed E-state index contributed by atoms with van der Waals surface area (Å²) in [6.45, 7) is 1.93.